The fourth-order valence-electron chi connectivity index (χ4n) is 3.43. The number of unbranched alkanes of at least 4 members (excludes halogenated alkanes) is 3. The highest BCUT2D eigenvalue weighted by molar-refractivity contribution is 9.10. The lowest BCUT2D eigenvalue weighted by Gasteiger charge is -2.13. The minimum absolute atomic E-state index is 0.0768. The van der Waals surface area contributed by atoms with E-state index < -0.39 is 10.0 Å². The molecule has 3 aromatic carbocycles. The van der Waals surface area contributed by atoms with Gasteiger partial charge in [-0.2, -0.15) is 0 Å². The van der Waals surface area contributed by atoms with Crippen molar-refractivity contribution in [2.45, 2.75) is 44.4 Å². The molecule has 7 nitrogen and oxygen atoms in total. The summed E-state index contributed by atoms with van der Waals surface area (Å²) in [7, 11) is -3.80. The molecule has 1 amide bonds. The summed E-state index contributed by atoms with van der Waals surface area (Å²) in [4.78, 5) is 13.0. The Bertz CT molecular complexity index is 1250. The van der Waals surface area contributed by atoms with Crippen LogP contribution in [0.5, 0.6) is 11.5 Å². The first kappa shape index (κ1) is 27.5. The second kappa shape index (κ2) is 13.3. The van der Waals surface area contributed by atoms with Crippen LogP contribution in [0.1, 0.15) is 49.9 Å². The number of anilines is 2. The van der Waals surface area contributed by atoms with E-state index in [0.29, 0.717) is 41.7 Å². The molecule has 0 heterocycles. The van der Waals surface area contributed by atoms with Crippen LogP contribution in [0.2, 0.25) is 0 Å². The Morgan fingerprint density at radius 3 is 2.22 bits per heavy atom. The number of halogens is 1. The van der Waals surface area contributed by atoms with Gasteiger partial charge in [0.25, 0.3) is 15.9 Å². The molecule has 0 bridgehead atoms. The zero-order valence-electron chi connectivity index (χ0n) is 20.4. The first-order valence-electron chi connectivity index (χ1n) is 11.9. The number of ether oxygens (including phenoxy) is 2. The van der Waals surface area contributed by atoms with Gasteiger partial charge in [-0.1, -0.05) is 42.1 Å². The van der Waals surface area contributed by atoms with Crippen LogP contribution in [-0.2, 0) is 10.0 Å². The second-order valence-electron chi connectivity index (χ2n) is 8.09. The summed E-state index contributed by atoms with van der Waals surface area (Å²) in [6, 6.07) is 18.0. The van der Waals surface area contributed by atoms with Crippen LogP contribution < -0.4 is 19.5 Å². The lowest BCUT2D eigenvalue weighted by Crippen LogP contribution is -2.15. The van der Waals surface area contributed by atoms with Crippen LogP contribution in [0.4, 0.5) is 11.4 Å². The van der Waals surface area contributed by atoms with Crippen molar-refractivity contribution in [2.24, 2.45) is 0 Å². The number of carbonyl (C=O) groups excluding carboxylic acids is 1. The minimum Gasteiger partial charge on any atom is -0.494 e. The highest BCUT2D eigenvalue weighted by Gasteiger charge is 2.17. The van der Waals surface area contributed by atoms with Crippen molar-refractivity contribution in [3.05, 3.63) is 76.8 Å². The second-order valence-corrected chi connectivity index (χ2v) is 10.7. The van der Waals surface area contributed by atoms with Gasteiger partial charge in [-0.05, 0) is 80.1 Å². The van der Waals surface area contributed by atoms with Gasteiger partial charge < -0.3 is 14.8 Å². The van der Waals surface area contributed by atoms with Gasteiger partial charge >= 0.3 is 0 Å². The Hall–Kier alpha value is -3.04. The Labute approximate surface area is 221 Å². The molecule has 0 saturated heterocycles. The number of hydrogen-bond acceptors (Lipinski definition) is 5. The van der Waals surface area contributed by atoms with Crippen molar-refractivity contribution in [3.63, 3.8) is 0 Å². The van der Waals surface area contributed by atoms with Crippen molar-refractivity contribution in [1.29, 1.82) is 0 Å². The topological polar surface area (TPSA) is 93.7 Å². The molecule has 0 aliphatic heterocycles. The minimum atomic E-state index is -3.80. The van der Waals surface area contributed by atoms with E-state index in [1.807, 2.05) is 13.0 Å². The normalized spacial score (nSPS) is 11.1. The average molecular weight is 576 g/mol. The van der Waals surface area contributed by atoms with E-state index in [1.165, 1.54) is 12.1 Å². The summed E-state index contributed by atoms with van der Waals surface area (Å²) in [6.45, 7) is 5.10. The fraction of sp³-hybridized carbons (Fsp3) is 0.296. The molecule has 3 aromatic rings. The third-order valence-electron chi connectivity index (χ3n) is 5.28. The van der Waals surface area contributed by atoms with Crippen LogP contribution in [0.15, 0.2) is 76.1 Å². The summed E-state index contributed by atoms with van der Waals surface area (Å²) in [6.07, 6.45) is 4.30. The van der Waals surface area contributed by atoms with Gasteiger partial charge in [-0.15, -0.1) is 0 Å². The Balaban J connectivity index is 1.65. The van der Waals surface area contributed by atoms with E-state index in [0.717, 1.165) is 30.2 Å². The van der Waals surface area contributed by atoms with E-state index in [-0.39, 0.29) is 10.8 Å². The zero-order chi connectivity index (χ0) is 26.0. The van der Waals surface area contributed by atoms with Crippen molar-refractivity contribution < 1.29 is 22.7 Å². The highest BCUT2D eigenvalue weighted by atomic mass is 79.9. The van der Waals surface area contributed by atoms with Gasteiger partial charge in [0.05, 0.1) is 23.7 Å². The number of amides is 1. The lowest BCUT2D eigenvalue weighted by atomic mass is 10.1. The molecule has 3 rings (SSSR count). The quantitative estimate of drug-likeness (QED) is 0.217. The number of benzene rings is 3. The molecule has 0 spiro atoms. The number of sulfonamides is 1. The van der Waals surface area contributed by atoms with Gasteiger partial charge in [0.15, 0.2) is 0 Å². The molecule has 0 aliphatic rings. The Morgan fingerprint density at radius 1 is 0.861 bits per heavy atom. The van der Waals surface area contributed by atoms with E-state index >= 15 is 0 Å². The molecule has 0 radical (unpaired) electrons. The van der Waals surface area contributed by atoms with Crippen LogP contribution in [0, 0.1) is 0 Å². The molecule has 0 atom stereocenters. The third kappa shape index (κ3) is 7.99. The SMILES string of the molecule is CCCCCCOc1ccc(Br)cc1C(=O)Nc1ccc(S(=O)(=O)Nc2ccc(OCC)cc2)cc1. The smallest absolute Gasteiger partial charge is 0.261 e. The predicted octanol–water partition coefficient (Wildman–Crippen LogP) is 6.86. The van der Waals surface area contributed by atoms with Gasteiger partial charge in [0, 0.05) is 15.8 Å². The number of hydrogen-bond donors (Lipinski definition) is 2. The standard InChI is InChI=1S/C27H31BrN2O5S/c1-3-5-6-7-18-35-26-17-8-20(28)19-25(26)27(31)29-21-11-15-24(16-12-21)36(32,33)30-22-9-13-23(14-10-22)34-4-2/h8-17,19,30H,3-7,18H2,1-2H3,(H,29,31). The molecule has 36 heavy (non-hydrogen) atoms. The van der Waals surface area contributed by atoms with Gasteiger partial charge in [0.2, 0.25) is 0 Å². The molecule has 9 heteroatoms. The first-order valence-corrected chi connectivity index (χ1v) is 14.2. The van der Waals surface area contributed by atoms with Gasteiger partial charge in [-0.3, -0.25) is 9.52 Å². The summed E-state index contributed by atoms with van der Waals surface area (Å²) in [5.74, 6) is 0.824. The molecule has 0 saturated carbocycles. The maximum Gasteiger partial charge on any atom is 0.261 e. The maximum atomic E-state index is 13.0. The fourth-order valence-corrected chi connectivity index (χ4v) is 4.85. The van der Waals surface area contributed by atoms with Crippen LogP contribution in [-0.4, -0.2) is 27.5 Å². The van der Waals surface area contributed by atoms with E-state index in [4.69, 9.17) is 9.47 Å². The number of nitrogens with one attached hydrogen (secondary N) is 2. The maximum absolute atomic E-state index is 13.0. The van der Waals surface area contributed by atoms with E-state index in [1.54, 1.807) is 48.5 Å². The molecular formula is C27H31BrN2O5S. The van der Waals surface area contributed by atoms with Crippen LogP contribution >= 0.6 is 15.9 Å². The van der Waals surface area contributed by atoms with Crippen LogP contribution in [0.25, 0.3) is 0 Å². The monoisotopic (exact) mass is 574 g/mol. The summed E-state index contributed by atoms with van der Waals surface area (Å²) < 4.78 is 40.1. The van der Waals surface area contributed by atoms with E-state index in [2.05, 4.69) is 32.9 Å². The number of rotatable bonds is 13. The predicted molar refractivity (Wildman–Crippen MR) is 147 cm³/mol. The van der Waals surface area contributed by atoms with Gasteiger partial charge in [-0.25, -0.2) is 8.42 Å². The third-order valence-corrected chi connectivity index (χ3v) is 7.17. The lowest BCUT2D eigenvalue weighted by molar-refractivity contribution is 0.102. The molecule has 0 fully saturated rings. The summed E-state index contributed by atoms with van der Waals surface area (Å²) >= 11 is 3.41. The summed E-state index contributed by atoms with van der Waals surface area (Å²) in [5, 5.41) is 2.81. The molecular weight excluding hydrogens is 544 g/mol. The molecule has 192 valence electrons. The van der Waals surface area contributed by atoms with Crippen molar-refractivity contribution >= 4 is 43.2 Å². The first-order chi connectivity index (χ1) is 17.3. The van der Waals surface area contributed by atoms with Crippen molar-refractivity contribution in [1.82, 2.24) is 0 Å². The molecule has 0 aromatic heterocycles. The zero-order valence-corrected chi connectivity index (χ0v) is 22.8. The highest BCUT2D eigenvalue weighted by Crippen LogP contribution is 2.26. The molecule has 2 N–H and O–H groups in total. The largest absolute Gasteiger partial charge is 0.494 e. The van der Waals surface area contributed by atoms with Gasteiger partial charge in [0.1, 0.15) is 11.5 Å². The average Bonchev–Trinajstić information content (AvgIpc) is 2.86. The number of carbonyl (C=O) groups is 1. The molecule has 0 unspecified atom stereocenters. The Kier molecular flexibility index (Phi) is 10.2. The Morgan fingerprint density at radius 2 is 1.56 bits per heavy atom. The van der Waals surface area contributed by atoms with Crippen molar-refractivity contribution in [3.8, 4) is 11.5 Å². The van der Waals surface area contributed by atoms with E-state index in [9.17, 15) is 13.2 Å². The summed E-state index contributed by atoms with van der Waals surface area (Å²) in [5.41, 5.74) is 1.29. The van der Waals surface area contributed by atoms with Crippen LogP contribution in [0.3, 0.4) is 0 Å². The van der Waals surface area contributed by atoms with Crippen molar-refractivity contribution in [2.75, 3.05) is 23.3 Å². The molecule has 0 aliphatic carbocycles.